The van der Waals surface area contributed by atoms with Gasteiger partial charge >= 0.3 is 0 Å². The Hall–Kier alpha value is -3.48. The third kappa shape index (κ3) is 3.78. The first-order chi connectivity index (χ1) is 13.6. The van der Waals surface area contributed by atoms with Crippen molar-refractivity contribution in [2.45, 2.75) is 6.42 Å². The van der Waals surface area contributed by atoms with E-state index in [9.17, 15) is 4.79 Å². The summed E-state index contributed by atoms with van der Waals surface area (Å²) in [6, 6.07) is 24.4. The zero-order chi connectivity index (χ0) is 19.5. The molecular formula is C24H15ClN2O. The van der Waals surface area contributed by atoms with E-state index in [-0.39, 0.29) is 12.2 Å². The Bertz CT molecular complexity index is 1220. The van der Waals surface area contributed by atoms with Crippen molar-refractivity contribution in [3.8, 4) is 11.1 Å². The number of hydrogen-bond acceptors (Lipinski definition) is 2. The van der Waals surface area contributed by atoms with Gasteiger partial charge < -0.3 is 0 Å². The lowest BCUT2D eigenvalue weighted by molar-refractivity contribution is 0.0992. The lowest BCUT2D eigenvalue weighted by Crippen LogP contribution is -2.05. The number of pyridine rings is 1. The Morgan fingerprint density at radius 2 is 1.71 bits per heavy atom. The summed E-state index contributed by atoms with van der Waals surface area (Å²) in [5.74, 6) is -0.00846. The molecule has 0 N–H and O–H groups in total. The maximum Gasteiger partial charge on any atom is 0.187 e. The monoisotopic (exact) mass is 382 g/mol. The Balaban J connectivity index is 1.59. The maximum atomic E-state index is 12.5. The van der Waals surface area contributed by atoms with Gasteiger partial charge in [0.05, 0.1) is 18.5 Å². The number of hydrogen-bond donors (Lipinski definition) is 0. The first-order valence-corrected chi connectivity index (χ1v) is 9.16. The normalized spacial score (nSPS) is 10.6. The van der Waals surface area contributed by atoms with Crippen LogP contribution in [0.3, 0.4) is 0 Å². The van der Waals surface area contributed by atoms with E-state index in [1.165, 1.54) is 0 Å². The number of rotatable bonds is 4. The second-order valence-corrected chi connectivity index (χ2v) is 6.92. The summed E-state index contributed by atoms with van der Waals surface area (Å²) in [5.41, 5.74) is 4.90. The molecule has 134 valence electrons. The third-order valence-electron chi connectivity index (χ3n) is 4.56. The van der Waals surface area contributed by atoms with Gasteiger partial charge in [0.25, 0.3) is 0 Å². The molecule has 4 aromatic rings. The Morgan fingerprint density at radius 3 is 2.46 bits per heavy atom. The molecule has 0 saturated heterocycles. The minimum Gasteiger partial charge on any atom is -0.294 e. The average Bonchev–Trinajstić information content (AvgIpc) is 2.73. The van der Waals surface area contributed by atoms with Crippen LogP contribution in [0.5, 0.6) is 0 Å². The number of carbonyl (C=O) groups is 1. The summed E-state index contributed by atoms with van der Waals surface area (Å²) in [5, 5.41) is 1.56. The largest absolute Gasteiger partial charge is 0.294 e. The molecule has 0 aliphatic heterocycles. The van der Waals surface area contributed by atoms with Crippen molar-refractivity contribution in [2.24, 2.45) is 0 Å². The lowest BCUT2D eigenvalue weighted by Gasteiger charge is -2.06. The molecule has 1 heterocycles. The second-order valence-electron chi connectivity index (χ2n) is 6.48. The first kappa shape index (κ1) is 17.9. The second kappa shape index (κ2) is 7.64. The third-order valence-corrected chi connectivity index (χ3v) is 4.80. The van der Waals surface area contributed by atoms with Crippen LogP contribution in [-0.2, 0) is 6.42 Å². The molecule has 4 rings (SSSR count). The van der Waals surface area contributed by atoms with Crippen LogP contribution in [0.1, 0.15) is 16.1 Å². The highest BCUT2D eigenvalue weighted by atomic mass is 35.5. The number of fused-ring (bicyclic) bond motifs is 1. The van der Waals surface area contributed by atoms with Crippen LogP contribution in [0.25, 0.3) is 26.9 Å². The lowest BCUT2D eigenvalue weighted by atomic mass is 10.0. The van der Waals surface area contributed by atoms with Crippen molar-refractivity contribution in [3.63, 3.8) is 0 Å². The number of halogens is 1. The average molecular weight is 383 g/mol. The van der Waals surface area contributed by atoms with Crippen LogP contribution in [0.4, 0.5) is 5.69 Å². The van der Waals surface area contributed by atoms with E-state index >= 15 is 0 Å². The van der Waals surface area contributed by atoms with Gasteiger partial charge in [0.1, 0.15) is 0 Å². The summed E-state index contributed by atoms with van der Waals surface area (Å²) < 4.78 is 0. The molecule has 0 unspecified atom stereocenters. The molecule has 0 aliphatic rings. The van der Waals surface area contributed by atoms with Gasteiger partial charge in [-0.1, -0.05) is 60.1 Å². The fourth-order valence-corrected chi connectivity index (χ4v) is 3.29. The first-order valence-electron chi connectivity index (χ1n) is 8.79. The molecule has 0 aliphatic carbocycles. The fraction of sp³-hybridized carbons (Fsp3) is 0.0417. The number of ketones is 1. The zero-order valence-electron chi connectivity index (χ0n) is 14.9. The van der Waals surface area contributed by atoms with Gasteiger partial charge in [-0.05, 0) is 41.5 Å². The highest BCUT2D eigenvalue weighted by Gasteiger charge is 2.10. The quantitative estimate of drug-likeness (QED) is 0.297. The summed E-state index contributed by atoms with van der Waals surface area (Å²) in [6.07, 6.45) is 0.232. The van der Waals surface area contributed by atoms with Crippen LogP contribution in [-0.4, -0.2) is 10.8 Å². The predicted octanol–water partition coefficient (Wildman–Crippen LogP) is 6.53. The molecule has 0 radical (unpaired) electrons. The zero-order valence-corrected chi connectivity index (χ0v) is 15.6. The highest BCUT2D eigenvalue weighted by molar-refractivity contribution is 6.31. The van der Waals surface area contributed by atoms with E-state index in [1.807, 2.05) is 48.5 Å². The Labute approximate surface area is 168 Å². The van der Waals surface area contributed by atoms with Crippen LogP contribution in [0, 0.1) is 6.57 Å². The van der Waals surface area contributed by atoms with Gasteiger partial charge in [-0.15, -0.1) is 0 Å². The van der Waals surface area contributed by atoms with Crippen LogP contribution in [0.15, 0.2) is 78.9 Å². The van der Waals surface area contributed by atoms with Gasteiger partial charge in [-0.2, -0.15) is 0 Å². The van der Waals surface area contributed by atoms with Crippen molar-refractivity contribution in [2.75, 3.05) is 0 Å². The maximum absolute atomic E-state index is 12.5. The van der Waals surface area contributed by atoms with Gasteiger partial charge in [-0.25, -0.2) is 4.85 Å². The molecule has 0 bridgehead atoms. The molecule has 0 amide bonds. The Kier molecular flexibility index (Phi) is 4.89. The van der Waals surface area contributed by atoms with Gasteiger partial charge in [0.2, 0.25) is 0 Å². The molecular weight excluding hydrogens is 368 g/mol. The SMILES string of the molecule is [C-]#[N+]c1ccc(-c2ccc3nc(CC(=O)c4cccc(Cl)c4)ccc3c2)cc1. The number of aromatic nitrogens is 1. The number of Topliss-reactive ketones (excluding diaryl/α,β-unsaturated/α-hetero) is 1. The van der Waals surface area contributed by atoms with Gasteiger partial charge in [0.15, 0.2) is 11.5 Å². The number of nitrogens with zero attached hydrogens (tertiary/aromatic N) is 2. The highest BCUT2D eigenvalue weighted by Crippen LogP contribution is 2.26. The molecule has 0 spiro atoms. The Morgan fingerprint density at radius 1 is 0.929 bits per heavy atom. The summed E-state index contributed by atoms with van der Waals surface area (Å²) in [4.78, 5) is 20.5. The predicted molar refractivity (Wildman–Crippen MR) is 113 cm³/mol. The van der Waals surface area contributed by atoms with Crippen LogP contribution < -0.4 is 0 Å². The van der Waals surface area contributed by atoms with E-state index < -0.39 is 0 Å². The molecule has 0 saturated carbocycles. The molecule has 3 aromatic carbocycles. The fourth-order valence-electron chi connectivity index (χ4n) is 3.10. The van der Waals surface area contributed by atoms with Crippen molar-refractivity contribution in [3.05, 3.63) is 107 Å². The number of benzene rings is 3. The smallest absolute Gasteiger partial charge is 0.187 e. The molecule has 0 fully saturated rings. The van der Waals surface area contributed by atoms with Gasteiger partial charge in [0, 0.05) is 21.7 Å². The van der Waals surface area contributed by atoms with Gasteiger partial charge in [-0.3, -0.25) is 9.78 Å². The molecule has 0 atom stereocenters. The van der Waals surface area contributed by atoms with E-state index in [4.69, 9.17) is 18.2 Å². The standard InChI is InChI=1S/C24H15ClN2O/c1-26-21-9-5-16(6-10-21)17-8-12-23-18(13-17)7-11-22(27-23)15-24(28)19-3-2-4-20(25)14-19/h2-14H,15H2. The van der Waals surface area contributed by atoms with Crippen molar-refractivity contribution >= 4 is 34.0 Å². The number of carbonyl (C=O) groups excluding carboxylic acids is 1. The van der Waals surface area contributed by atoms with Crippen LogP contribution in [0.2, 0.25) is 5.02 Å². The minimum absolute atomic E-state index is 0.00846. The molecule has 1 aromatic heterocycles. The summed E-state index contributed by atoms with van der Waals surface area (Å²) in [7, 11) is 0. The van der Waals surface area contributed by atoms with Crippen molar-refractivity contribution in [1.29, 1.82) is 0 Å². The van der Waals surface area contributed by atoms with E-state index in [2.05, 4.69) is 15.9 Å². The van der Waals surface area contributed by atoms with E-state index in [1.54, 1.807) is 24.3 Å². The molecule has 28 heavy (non-hydrogen) atoms. The summed E-state index contributed by atoms with van der Waals surface area (Å²) >= 11 is 5.97. The molecule has 4 heteroatoms. The minimum atomic E-state index is -0.00846. The summed E-state index contributed by atoms with van der Waals surface area (Å²) in [6.45, 7) is 7.05. The van der Waals surface area contributed by atoms with Crippen molar-refractivity contribution < 1.29 is 4.79 Å². The van der Waals surface area contributed by atoms with E-state index in [0.29, 0.717) is 16.3 Å². The van der Waals surface area contributed by atoms with Crippen LogP contribution >= 0.6 is 11.6 Å². The topological polar surface area (TPSA) is 34.3 Å². The molecule has 3 nitrogen and oxygen atoms in total. The van der Waals surface area contributed by atoms with E-state index in [0.717, 1.165) is 27.7 Å². The van der Waals surface area contributed by atoms with Crippen molar-refractivity contribution in [1.82, 2.24) is 4.98 Å².